The average Bonchev–Trinajstić information content (AvgIpc) is 2.54. The summed E-state index contributed by atoms with van der Waals surface area (Å²) in [6.07, 6.45) is 0.0462. The second kappa shape index (κ2) is 9.30. The van der Waals surface area contributed by atoms with Gasteiger partial charge in [-0.25, -0.2) is 0 Å². The molecule has 0 aliphatic rings. The fraction of sp³-hybridized carbons (Fsp3) is 0.222. The third-order valence-electron chi connectivity index (χ3n) is 3.17. The van der Waals surface area contributed by atoms with E-state index in [9.17, 15) is 9.59 Å². The molecule has 132 valence electrons. The van der Waals surface area contributed by atoms with Crippen LogP contribution in [0.2, 0.25) is 10.0 Å². The molecule has 25 heavy (non-hydrogen) atoms. The molecular formula is C18H17Cl2NO4. The van der Waals surface area contributed by atoms with E-state index in [4.69, 9.17) is 32.7 Å². The second-order valence-electron chi connectivity index (χ2n) is 5.23. The van der Waals surface area contributed by atoms with E-state index in [0.717, 1.165) is 5.56 Å². The Morgan fingerprint density at radius 2 is 1.76 bits per heavy atom. The number of aryl methyl sites for hydroxylation is 1. The summed E-state index contributed by atoms with van der Waals surface area (Å²) in [4.78, 5) is 23.4. The van der Waals surface area contributed by atoms with Crippen LogP contribution in [0, 0.1) is 6.92 Å². The number of esters is 1. The summed E-state index contributed by atoms with van der Waals surface area (Å²) < 4.78 is 10.4. The quantitative estimate of drug-likeness (QED) is 0.727. The van der Waals surface area contributed by atoms with Crippen molar-refractivity contribution in [3.8, 4) is 5.75 Å². The van der Waals surface area contributed by atoms with E-state index in [1.165, 1.54) is 0 Å². The number of hydrogen-bond acceptors (Lipinski definition) is 4. The Balaban J connectivity index is 1.70. The van der Waals surface area contributed by atoms with Gasteiger partial charge in [-0.05, 0) is 36.8 Å². The van der Waals surface area contributed by atoms with Gasteiger partial charge in [-0.2, -0.15) is 0 Å². The third kappa shape index (κ3) is 6.64. The fourth-order valence-electron chi connectivity index (χ4n) is 2.00. The molecule has 1 amide bonds. The van der Waals surface area contributed by atoms with Gasteiger partial charge in [0.2, 0.25) is 0 Å². The molecule has 0 aliphatic carbocycles. The first-order valence-corrected chi connectivity index (χ1v) is 8.29. The van der Waals surface area contributed by atoms with Crippen molar-refractivity contribution in [1.82, 2.24) is 0 Å². The lowest BCUT2D eigenvalue weighted by Gasteiger charge is -2.09. The van der Waals surface area contributed by atoms with E-state index in [2.05, 4.69) is 5.32 Å². The standard InChI is InChI=1S/C18H17Cl2NO4/c1-12-4-2-3-5-16(12)24-7-6-18(23)25-11-17(22)21-15-9-13(19)8-14(20)10-15/h2-5,8-10H,6-7,11H2,1H3,(H,21,22). The molecule has 0 aromatic heterocycles. The van der Waals surface area contributed by atoms with Crippen molar-refractivity contribution in [1.29, 1.82) is 0 Å². The second-order valence-corrected chi connectivity index (χ2v) is 6.10. The van der Waals surface area contributed by atoms with E-state index in [0.29, 0.717) is 21.5 Å². The van der Waals surface area contributed by atoms with Crippen molar-refractivity contribution in [2.45, 2.75) is 13.3 Å². The van der Waals surface area contributed by atoms with Crippen LogP contribution in [0.3, 0.4) is 0 Å². The zero-order chi connectivity index (χ0) is 18.2. The smallest absolute Gasteiger partial charge is 0.309 e. The van der Waals surface area contributed by atoms with Crippen molar-refractivity contribution in [3.05, 3.63) is 58.1 Å². The van der Waals surface area contributed by atoms with Crippen LogP contribution in [0.5, 0.6) is 5.75 Å². The molecule has 0 radical (unpaired) electrons. The van der Waals surface area contributed by atoms with Gasteiger partial charge in [0.1, 0.15) is 5.75 Å². The molecule has 0 spiro atoms. The number of para-hydroxylation sites is 1. The molecule has 0 saturated heterocycles. The van der Waals surface area contributed by atoms with Crippen LogP contribution in [0.1, 0.15) is 12.0 Å². The number of carbonyl (C=O) groups is 2. The number of anilines is 1. The van der Waals surface area contributed by atoms with E-state index < -0.39 is 18.5 Å². The molecule has 0 unspecified atom stereocenters. The van der Waals surface area contributed by atoms with Gasteiger partial charge in [-0.3, -0.25) is 9.59 Å². The largest absolute Gasteiger partial charge is 0.493 e. The Hall–Kier alpha value is -2.24. The topological polar surface area (TPSA) is 64.6 Å². The maximum absolute atomic E-state index is 11.8. The van der Waals surface area contributed by atoms with Crippen molar-refractivity contribution >= 4 is 40.8 Å². The average molecular weight is 382 g/mol. The first kappa shape index (κ1) is 19.1. The molecule has 0 heterocycles. The van der Waals surface area contributed by atoms with Crippen LogP contribution in [0.15, 0.2) is 42.5 Å². The van der Waals surface area contributed by atoms with Crippen LogP contribution < -0.4 is 10.1 Å². The van der Waals surface area contributed by atoms with Crippen LogP contribution in [0.4, 0.5) is 5.69 Å². The van der Waals surface area contributed by atoms with Gasteiger partial charge >= 0.3 is 5.97 Å². The van der Waals surface area contributed by atoms with E-state index >= 15 is 0 Å². The summed E-state index contributed by atoms with van der Waals surface area (Å²) in [7, 11) is 0. The predicted octanol–water partition coefficient (Wildman–Crippen LogP) is 4.25. The summed E-state index contributed by atoms with van der Waals surface area (Å²) in [5.74, 6) is -0.287. The monoisotopic (exact) mass is 381 g/mol. The van der Waals surface area contributed by atoms with Gasteiger partial charge in [0, 0.05) is 15.7 Å². The number of nitrogens with one attached hydrogen (secondary N) is 1. The molecule has 0 saturated carbocycles. The lowest BCUT2D eigenvalue weighted by molar-refractivity contribution is -0.147. The summed E-state index contributed by atoms with van der Waals surface area (Å²) in [6.45, 7) is 1.70. The molecule has 5 nitrogen and oxygen atoms in total. The molecule has 2 aromatic rings. The van der Waals surface area contributed by atoms with E-state index in [1.54, 1.807) is 18.2 Å². The zero-order valence-corrected chi connectivity index (χ0v) is 15.1. The van der Waals surface area contributed by atoms with E-state index in [1.807, 2.05) is 31.2 Å². The number of ether oxygens (including phenoxy) is 2. The fourth-order valence-corrected chi connectivity index (χ4v) is 2.53. The molecule has 1 N–H and O–H groups in total. The van der Waals surface area contributed by atoms with Crippen LogP contribution in [-0.4, -0.2) is 25.1 Å². The van der Waals surface area contributed by atoms with Crippen LogP contribution in [-0.2, 0) is 14.3 Å². The number of hydrogen-bond donors (Lipinski definition) is 1. The van der Waals surface area contributed by atoms with Gasteiger partial charge in [0.15, 0.2) is 6.61 Å². The Morgan fingerprint density at radius 1 is 1.08 bits per heavy atom. The van der Waals surface area contributed by atoms with E-state index in [-0.39, 0.29) is 13.0 Å². The Labute approximate surface area is 155 Å². The molecule has 0 aliphatic heterocycles. The number of carbonyl (C=O) groups excluding carboxylic acids is 2. The molecule has 0 atom stereocenters. The lowest BCUT2D eigenvalue weighted by Crippen LogP contribution is -2.21. The predicted molar refractivity (Wildman–Crippen MR) is 97.3 cm³/mol. The number of amides is 1. The Kier molecular flexibility index (Phi) is 7.10. The summed E-state index contributed by atoms with van der Waals surface area (Å²) in [5.41, 5.74) is 1.41. The highest BCUT2D eigenvalue weighted by Crippen LogP contribution is 2.22. The minimum absolute atomic E-state index is 0.0462. The minimum atomic E-state index is -0.520. The lowest BCUT2D eigenvalue weighted by atomic mass is 10.2. The summed E-state index contributed by atoms with van der Waals surface area (Å²) >= 11 is 11.7. The first-order chi connectivity index (χ1) is 11.9. The number of rotatable bonds is 7. The van der Waals surface area contributed by atoms with Gasteiger partial charge in [-0.1, -0.05) is 41.4 Å². The number of halogens is 2. The third-order valence-corrected chi connectivity index (χ3v) is 3.60. The van der Waals surface area contributed by atoms with Crippen LogP contribution in [0.25, 0.3) is 0 Å². The SMILES string of the molecule is Cc1ccccc1OCCC(=O)OCC(=O)Nc1cc(Cl)cc(Cl)c1. The van der Waals surface area contributed by atoms with Gasteiger partial charge in [0.05, 0.1) is 13.0 Å². The maximum Gasteiger partial charge on any atom is 0.309 e. The highest BCUT2D eigenvalue weighted by molar-refractivity contribution is 6.35. The Morgan fingerprint density at radius 3 is 2.44 bits per heavy atom. The number of benzene rings is 2. The highest BCUT2D eigenvalue weighted by atomic mass is 35.5. The minimum Gasteiger partial charge on any atom is -0.493 e. The van der Waals surface area contributed by atoms with Crippen molar-refractivity contribution in [3.63, 3.8) is 0 Å². The van der Waals surface area contributed by atoms with Crippen molar-refractivity contribution in [2.75, 3.05) is 18.5 Å². The molecule has 7 heteroatoms. The zero-order valence-electron chi connectivity index (χ0n) is 13.6. The molecule has 2 aromatic carbocycles. The van der Waals surface area contributed by atoms with Gasteiger partial charge in [0.25, 0.3) is 5.91 Å². The summed E-state index contributed by atoms with van der Waals surface area (Å²) in [6, 6.07) is 12.1. The van der Waals surface area contributed by atoms with Gasteiger partial charge in [-0.15, -0.1) is 0 Å². The summed E-state index contributed by atoms with van der Waals surface area (Å²) in [5, 5.41) is 3.34. The first-order valence-electron chi connectivity index (χ1n) is 7.54. The normalized spacial score (nSPS) is 10.2. The molecule has 0 bridgehead atoms. The van der Waals surface area contributed by atoms with Crippen molar-refractivity contribution < 1.29 is 19.1 Å². The van der Waals surface area contributed by atoms with Crippen LogP contribution >= 0.6 is 23.2 Å². The highest BCUT2D eigenvalue weighted by Gasteiger charge is 2.09. The maximum atomic E-state index is 11.8. The van der Waals surface area contributed by atoms with Crippen molar-refractivity contribution in [2.24, 2.45) is 0 Å². The molecule has 2 rings (SSSR count). The molecular weight excluding hydrogens is 365 g/mol. The molecule has 0 fully saturated rings. The Bertz CT molecular complexity index is 744. The van der Waals surface area contributed by atoms with Gasteiger partial charge < -0.3 is 14.8 Å².